The highest BCUT2D eigenvalue weighted by molar-refractivity contribution is 5.77. The van der Waals surface area contributed by atoms with Gasteiger partial charge in [0.05, 0.1) is 12.9 Å². The van der Waals surface area contributed by atoms with E-state index in [2.05, 4.69) is 28.8 Å². The molecule has 17 heavy (non-hydrogen) atoms. The van der Waals surface area contributed by atoms with E-state index in [0.717, 1.165) is 12.2 Å². The zero-order valence-corrected chi connectivity index (χ0v) is 10.3. The molecule has 0 saturated heterocycles. The lowest BCUT2D eigenvalue weighted by molar-refractivity contribution is 0.330. The summed E-state index contributed by atoms with van der Waals surface area (Å²) in [4.78, 5) is 12.6. The van der Waals surface area contributed by atoms with Crippen LogP contribution in [0.4, 0.5) is 5.95 Å². The molecule has 0 aliphatic heterocycles. The second-order valence-corrected chi connectivity index (χ2v) is 4.28. The normalized spacial score (nSPS) is 11.3. The third-order valence-corrected chi connectivity index (χ3v) is 2.29. The van der Waals surface area contributed by atoms with Crippen molar-refractivity contribution in [1.29, 1.82) is 0 Å². The number of fused-ring (bicyclic) bond motifs is 1. The van der Waals surface area contributed by atoms with Gasteiger partial charge in [0, 0.05) is 6.54 Å². The number of imidazole rings is 1. The number of hydrogen-bond acceptors (Lipinski definition) is 5. The fourth-order valence-electron chi connectivity index (χ4n) is 1.70. The van der Waals surface area contributed by atoms with E-state index in [1.54, 1.807) is 6.33 Å². The molecule has 0 bridgehead atoms. The first kappa shape index (κ1) is 11.6. The molecule has 2 heterocycles. The van der Waals surface area contributed by atoms with E-state index in [-0.39, 0.29) is 5.95 Å². The van der Waals surface area contributed by atoms with Crippen LogP contribution in [0.2, 0.25) is 0 Å². The number of aromatic nitrogens is 4. The molecule has 0 aliphatic carbocycles. The van der Waals surface area contributed by atoms with Crippen molar-refractivity contribution in [3.8, 4) is 5.88 Å². The Hall–Kier alpha value is -1.85. The zero-order valence-electron chi connectivity index (χ0n) is 10.3. The zero-order chi connectivity index (χ0) is 12.4. The predicted octanol–water partition coefficient (Wildman–Crippen LogP) is 1.46. The molecule has 0 fully saturated rings. The van der Waals surface area contributed by atoms with Gasteiger partial charge in [0.25, 0.3) is 0 Å². The van der Waals surface area contributed by atoms with Gasteiger partial charge in [-0.25, -0.2) is 4.98 Å². The van der Waals surface area contributed by atoms with Crippen molar-refractivity contribution in [1.82, 2.24) is 19.5 Å². The van der Waals surface area contributed by atoms with Crippen LogP contribution in [-0.2, 0) is 6.54 Å². The molecule has 2 aromatic heterocycles. The predicted molar refractivity (Wildman–Crippen MR) is 65.7 cm³/mol. The van der Waals surface area contributed by atoms with Crippen LogP contribution < -0.4 is 10.5 Å². The van der Waals surface area contributed by atoms with Gasteiger partial charge in [0.1, 0.15) is 0 Å². The largest absolute Gasteiger partial charge is 0.476 e. The topological polar surface area (TPSA) is 78.8 Å². The summed E-state index contributed by atoms with van der Waals surface area (Å²) in [5, 5.41) is 0. The molecule has 0 aromatic carbocycles. The summed E-state index contributed by atoms with van der Waals surface area (Å²) in [6.07, 6.45) is 1.75. The Kier molecular flexibility index (Phi) is 3.12. The maximum Gasteiger partial charge on any atom is 0.247 e. The van der Waals surface area contributed by atoms with Gasteiger partial charge in [-0.2, -0.15) is 9.97 Å². The number of anilines is 1. The minimum absolute atomic E-state index is 0.214. The number of nitrogen functional groups attached to an aromatic ring is 1. The Bertz CT molecular complexity index is 520. The van der Waals surface area contributed by atoms with Crippen LogP contribution in [0, 0.1) is 5.92 Å². The average Bonchev–Trinajstić information content (AvgIpc) is 2.61. The second kappa shape index (κ2) is 4.57. The van der Waals surface area contributed by atoms with E-state index in [9.17, 15) is 0 Å². The molecule has 2 rings (SSSR count). The molecule has 0 aliphatic rings. The van der Waals surface area contributed by atoms with Crippen LogP contribution >= 0.6 is 0 Å². The molecule has 0 saturated carbocycles. The van der Waals surface area contributed by atoms with Crippen molar-refractivity contribution in [3.63, 3.8) is 0 Å². The van der Waals surface area contributed by atoms with Crippen molar-refractivity contribution >= 4 is 17.1 Å². The standard InChI is InChI=1S/C11H17N5O/c1-4-17-10-8-9(14-11(12)15-10)16(6-13-8)5-7(2)3/h6-7H,4-5H2,1-3H3,(H2,12,14,15). The molecule has 0 radical (unpaired) electrons. The summed E-state index contributed by atoms with van der Waals surface area (Å²) in [7, 11) is 0. The molecule has 92 valence electrons. The first-order valence-corrected chi connectivity index (χ1v) is 5.73. The van der Waals surface area contributed by atoms with Crippen molar-refractivity contribution in [3.05, 3.63) is 6.33 Å². The quantitative estimate of drug-likeness (QED) is 0.868. The van der Waals surface area contributed by atoms with Crippen LogP contribution in [0.15, 0.2) is 6.33 Å². The first-order chi connectivity index (χ1) is 8.11. The SMILES string of the molecule is CCOc1nc(N)nc2c1ncn2CC(C)C. The Morgan fingerprint density at radius 3 is 2.82 bits per heavy atom. The monoisotopic (exact) mass is 235 g/mol. The number of rotatable bonds is 4. The number of nitrogens with two attached hydrogens (primary N) is 1. The van der Waals surface area contributed by atoms with Crippen LogP contribution in [0.25, 0.3) is 11.2 Å². The van der Waals surface area contributed by atoms with Gasteiger partial charge < -0.3 is 15.0 Å². The molecule has 0 atom stereocenters. The highest BCUT2D eigenvalue weighted by atomic mass is 16.5. The Morgan fingerprint density at radius 2 is 2.18 bits per heavy atom. The molecule has 6 nitrogen and oxygen atoms in total. The van der Waals surface area contributed by atoms with Crippen molar-refractivity contribution in [2.24, 2.45) is 5.92 Å². The third-order valence-electron chi connectivity index (χ3n) is 2.29. The summed E-state index contributed by atoms with van der Waals surface area (Å²) < 4.78 is 7.38. The van der Waals surface area contributed by atoms with Gasteiger partial charge in [0.15, 0.2) is 11.2 Å². The molecule has 2 aromatic rings. The van der Waals surface area contributed by atoms with E-state index >= 15 is 0 Å². The maximum absolute atomic E-state index is 5.67. The van der Waals surface area contributed by atoms with E-state index in [1.165, 1.54) is 0 Å². The Morgan fingerprint density at radius 1 is 1.41 bits per heavy atom. The smallest absolute Gasteiger partial charge is 0.247 e. The van der Waals surface area contributed by atoms with E-state index in [1.807, 2.05) is 11.5 Å². The van der Waals surface area contributed by atoms with Gasteiger partial charge in [-0.15, -0.1) is 0 Å². The fraction of sp³-hybridized carbons (Fsp3) is 0.545. The molecule has 0 amide bonds. The first-order valence-electron chi connectivity index (χ1n) is 5.73. The lowest BCUT2D eigenvalue weighted by atomic mass is 10.2. The molecular weight excluding hydrogens is 218 g/mol. The minimum Gasteiger partial charge on any atom is -0.476 e. The maximum atomic E-state index is 5.67. The Labute approximate surface area is 99.8 Å². The molecule has 2 N–H and O–H groups in total. The summed E-state index contributed by atoms with van der Waals surface area (Å²) in [5.41, 5.74) is 7.07. The van der Waals surface area contributed by atoms with E-state index < -0.39 is 0 Å². The molecule has 0 spiro atoms. The van der Waals surface area contributed by atoms with Gasteiger partial charge in [-0.1, -0.05) is 13.8 Å². The van der Waals surface area contributed by atoms with Crippen LogP contribution in [0.5, 0.6) is 5.88 Å². The second-order valence-electron chi connectivity index (χ2n) is 4.28. The minimum atomic E-state index is 0.214. The van der Waals surface area contributed by atoms with Gasteiger partial charge >= 0.3 is 0 Å². The van der Waals surface area contributed by atoms with Crippen LogP contribution in [0.3, 0.4) is 0 Å². The number of nitrogens with zero attached hydrogens (tertiary/aromatic N) is 4. The lowest BCUT2D eigenvalue weighted by Crippen LogP contribution is -2.06. The molecule has 6 heteroatoms. The summed E-state index contributed by atoms with van der Waals surface area (Å²) in [6, 6.07) is 0. The third kappa shape index (κ3) is 2.30. The van der Waals surface area contributed by atoms with E-state index in [0.29, 0.717) is 23.9 Å². The summed E-state index contributed by atoms with van der Waals surface area (Å²) in [6.45, 7) is 7.55. The lowest BCUT2D eigenvalue weighted by Gasteiger charge is -2.07. The summed E-state index contributed by atoms with van der Waals surface area (Å²) in [5.74, 6) is 1.18. The summed E-state index contributed by atoms with van der Waals surface area (Å²) >= 11 is 0. The molecular formula is C11H17N5O. The Balaban J connectivity index is 2.52. The van der Waals surface area contributed by atoms with Gasteiger partial charge in [-0.05, 0) is 12.8 Å². The van der Waals surface area contributed by atoms with Crippen LogP contribution in [-0.4, -0.2) is 26.1 Å². The van der Waals surface area contributed by atoms with Gasteiger partial charge in [0.2, 0.25) is 11.8 Å². The van der Waals surface area contributed by atoms with Crippen molar-refractivity contribution in [2.75, 3.05) is 12.3 Å². The van der Waals surface area contributed by atoms with Crippen LogP contribution in [0.1, 0.15) is 20.8 Å². The van der Waals surface area contributed by atoms with Crippen molar-refractivity contribution < 1.29 is 4.74 Å². The number of hydrogen-bond donors (Lipinski definition) is 1. The van der Waals surface area contributed by atoms with Crippen molar-refractivity contribution in [2.45, 2.75) is 27.3 Å². The fourth-order valence-corrected chi connectivity index (χ4v) is 1.70. The molecule has 0 unspecified atom stereocenters. The van der Waals surface area contributed by atoms with E-state index in [4.69, 9.17) is 10.5 Å². The number of ether oxygens (including phenoxy) is 1. The average molecular weight is 235 g/mol. The highest BCUT2D eigenvalue weighted by Crippen LogP contribution is 2.22. The van der Waals surface area contributed by atoms with Gasteiger partial charge in [-0.3, -0.25) is 0 Å². The highest BCUT2D eigenvalue weighted by Gasteiger charge is 2.13.